The summed E-state index contributed by atoms with van der Waals surface area (Å²) in [6.45, 7) is 1.00. The van der Waals surface area contributed by atoms with Gasteiger partial charge in [0, 0.05) is 42.4 Å². The highest BCUT2D eigenvalue weighted by atomic mass is 19.3. The Morgan fingerprint density at radius 3 is 2.50 bits per heavy atom. The predicted molar refractivity (Wildman–Crippen MR) is 69.1 cm³/mol. The van der Waals surface area contributed by atoms with E-state index in [2.05, 4.69) is 0 Å². The van der Waals surface area contributed by atoms with Crippen LogP contribution in [0.1, 0.15) is 24.8 Å². The molecule has 0 radical (unpaired) electrons. The third kappa shape index (κ3) is 2.92. The second-order valence-electron chi connectivity index (χ2n) is 4.76. The Bertz CT molecular complexity index is 514. The monoisotopic (exact) mass is 284 g/mol. The number of nitro groups is 1. The Kier molecular flexibility index (Phi) is 4.26. The van der Waals surface area contributed by atoms with E-state index in [9.17, 15) is 23.7 Å². The molecule has 1 aromatic rings. The number of nitro benzene ring substituents is 1. The van der Waals surface area contributed by atoms with Gasteiger partial charge in [0.15, 0.2) is 0 Å². The van der Waals surface area contributed by atoms with Crippen LogP contribution in [0.4, 0.5) is 20.2 Å². The molecule has 0 atom stereocenters. The Labute approximate surface area is 114 Å². The van der Waals surface area contributed by atoms with Crippen LogP contribution in [-0.2, 0) is 4.79 Å². The maximum Gasteiger partial charge on any atom is 0.270 e. The first-order valence-electron chi connectivity index (χ1n) is 6.29. The summed E-state index contributed by atoms with van der Waals surface area (Å²) in [7, 11) is 0. The van der Waals surface area contributed by atoms with E-state index < -0.39 is 11.3 Å². The molecule has 5 nitrogen and oxygen atoms in total. The van der Waals surface area contributed by atoms with Crippen molar-refractivity contribution in [3.63, 3.8) is 0 Å². The molecular weight excluding hydrogens is 270 g/mol. The maximum atomic E-state index is 13.1. The number of benzene rings is 1. The van der Waals surface area contributed by atoms with Gasteiger partial charge in [0.05, 0.1) is 4.92 Å². The molecule has 20 heavy (non-hydrogen) atoms. The molecule has 0 N–H and O–H groups in total. The molecule has 0 aliphatic carbocycles. The van der Waals surface area contributed by atoms with E-state index in [4.69, 9.17) is 0 Å². The fourth-order valence-corrected chi connectivity index (χ4v) is 2.39. The highest BCUT2D eigenvalue weighted by Gasteiger charge is 2.25. The first kappa shape index (κ1) is 14.4. The number of piperidine rings is 1. The second kappa shape index (κ2) is 5.94. The number of hydrogen-bond donors (Lipinski definition) is 0. The molecule has 1 saturated heterocycles. The van der Waals surface area contributed by atoms with Crippen LogP contribution in [0.2, 0.25) is 0 Å². The number of halogens is 2. The standard InChI is InChI=1S/C13H14F2N2O3/c14-13(15)11-7-10(17(19)20)1-2-12(11)16-5-3-9(8-18)4-6-16/h1-2,7-9,13H,3-6H2. The van der Waals surface area contributed by atoms with Gasteiger partial charge in [0.1, 0.15) is 6.29 Å². The summed E-state index contributed by atoms with van der Waals surface area (Å²) in [5.74, 6) is -0.0284. The number of carbonyl (C=O) groups is 1. The lowest BCUT2D eigenvalue weighted by Crippen LogP contribution is -2.34. The summed E-state index contributed by atoms with van der Waals surface area (Å²) in [6.07, 6.45) is -0.651. The summed E-state index contributed by atoms with van der Waals surface area (Å²) < 4.78 is 26.1. The van der Waals surface area contributed by atoms with E-state index in [1.807, 2.05) is 0 Å². The summed E-state index contributed by atoms with van der Waals surface area (Å²) in [6, 6.07) is 3.51. The molecule has 1 heterocycles. The average molecular weight is 284 g/mol. The summed E-state index contributed by atoms with van der Waals surface area (Å²) in [5, 5.41) is 10.7. The van der Waals surface area contributed by atoms with Crippen molar-refractivity contribution in [2.45, 2.75) is 19.3 Å². The first-order chi connectivity index (χ1) is 9.52. The van der Waals surface area contributed by atoms with Gasteiger partial charge < -0.3 is 9.69 Å². The number of non-ortho nitro benzene ring substituents is 1. The van der Waals surface area contributed by atoms with Gasteiger partial charge in [0.2, 0.25) is 0 Å². The smallest absolute Gasteiger partial charge is 0.270 e. The Morgan fingerprint density at radius 2 is 2.00 bits per heavy atom. The molecular formula is C13H14F2N2O3. The summed E-state index contributed by atoms with van der Waals surface area (Å²) >= 11 is 0. The van der Waals surface area contributed by atoms with Crippen LogP contribution in [0.3, 0.4) is 0 Å². The number of hydrogen-bond acceptors (Lipinski definition) is 4. The third-order valence-corrected chi connectivity index (χ3v) is 3.53. The molecule has 0 spiro atoms. The molecule has 0 aromatic heterocycles. The molecule has 1 aliphatic heterocycles. The average Bonchev–Trinajstić information content (AvgIpc) is 2.46. The SMILES string of the molecule is O=CC1CCN(c2ccc([N+](=O)[O-])cc2C(F)F)CC1. The van der Waals surface area contributed by atoms with Crippen molar-refractivity contribution in [1.29, 1.82) is 0 Å². The number of carbonyl (C=O) groups excluding carboxylic acids is 1. The molecule has 2 rings (SSSR count). The van der Waals surface area contributed by atoms with E-state index >= 15 is 0 Å². The van der Waals surface area contributed by atoms with Gasteiger partial charge in [-0.2, -0.15) is 0 Å². The zero-order chi connectivity index (χ0) is 14.7. The van der Waals surface area contributed by atoms with Gasteiger partial charge in [-0.15, -0.1) is 0 Å². The maximum absolute atomic E-state index is 13.1. The highest BCUT2D eigenvalue weighted by Crippen LogP contribution is 2.34. The molecule has 0 saturated carbocycles. The molecule has 0 bridgehead atoms. The first-order valence-corrected chi connectivity index (χ1v) is 6.29. The fourth-order valence-electron chi connectivity index (χ4n) is 2.39. The van der Waals surface area contributed by atoms with Gasteiger partial charge in [0.25, 0.3) is 12.1 Å². The van der Waals surface area contributed by atoms with Gasteiger partial charge in [-0.1, -0.05) is 0 Å². The van der Waals surface area contributed by atoms with Gasteiger partial charge in [-0.05, 0) is 18.9 Å². The van der Waals surface area contributed by atoms with Gasteiger partial charge >= 0.3 is 0 Å². The van der Waals surface area contributed by atoms with E-state index in [0.717, 1.165) is 12.4 Å². The highest BCUT2D eigenvalue weighted by molar-refractivity contribution is 5.60. The fraction of sp³-hybridized carbons (Fsp3) is 0.462. The number of rotatable bonds is 4. The third-order valence-electron chi connectivity index (χ3n) is 3.53. The lowest BCUT2D eigenvalue weighted by molar-refractivity contribution is -0.385. The van der Waals surface area contributed by atoms with Crippen molar-refractivity contribution in [2.24, 2.45) is 5.92 Å². The van der Waals surface area contributed by atoms with Crippen molar-refractivity contribution >= 4 is 17.7 Å². The second-order valence-corrected chi connectivity index (χ2v) is 4.76. The molecule has 1 aliphatic rings. The molecule has 108 valence electrons. The molecule has 1 aromatic carbocycles. The summed E-state index contributed by atoms with van der Waals surface area (Å²) in [4.78, 5) is 22.4. The predicted octanol–water partition coefficient (Wildman–Crippen LogP) is 2.95. The van der Waals surface area contributed by atoms with Crippen molar-refractivity contribution in [3.8, 4) is 0 Å². The minimum atomic E-state index is -2.77. The van der Waals surface area contributed by atoms with Crippen LogP contribution in [0.15, 0.2) is 18.2 Å². The molecule has 1 fully saturated rings. The molecule has 0 unspecified atom stereocenters. The summed E-state index contributed by atoms with van der Waals surface area (Å²) in [5.41, 5.74) is -0.356. The normalized spacial score (nSPS) is 16.4. The molecule has 0 amide bonds. The van der Waals surface area contributed by atoms with Crippen molar-refractivity contribution in [3.05, 3.63) is 33.9 Å². The Hall–Kier alpha value is -2.05. The van der Waals surface area contributed by atoms with Crippen molar-refractivity contribution < 1.29 is 18.5 Å². The van der Waals surface area contributed by atoms with Crippen molar-refractivity contribution in [1.82, 2.24) is 0 Å². The van der Waals surface area contributed by atoms with Crippen LogP contribution < -0.4 is 4.90 Å². The quantitative estimate of drug-likeness (QED) is 0.484. The zero-order valence-electron chi connectivity index (χ0n) is 10.7. The Balaban J connectivity index is 2.27. The van der Waals surface area contributed by atoms with E-state index in [-0.39, 0.29) is 17.2 Å². The molecule has 7 heteroatoms. The number of aldehydes is 1. The van der Waals surface area contributed by atoms with Crippen molar-refractivity contribution in [2.75, 3.05) is 18.0 Å². The minimum absolute atomic E-state index is 0.0284. The lowest BCUT2D eigenvalue weighted by Gasteiger charge is -2.32. The number of alkyl halides is 2. The Morgan fingerprint density at radius 1 is 1.35 bits per heavy atom. The number of anilines is 1. The van der Waals surface area contributed by atoms with Gasteiger partial charge in [-0.3, -0.25) is 10.1 Å². The van der Waals surface area contributed by atoms with Gasteiger partial charge in [-0.25, -0.2) is 8.78 Å². The van der Waals surface area contributed by atoms with Crippen LogP contribution >= 0.6 is 0 Å². The van der Waals surface area contributed by atoms with Crippen LogP contribution in [0.5, 0.6) is 0 Å². The van der Waals surface area contributed by atoms with E-state index in [1.54, 1.807) is 4.90 Å². The van der Waals surface area contributed by atoms with E-state index in [1.165, 1.54) is 12.1 Å². The lowest BCUT2D eigenvalue weighted by atomic mass is 9.97. The van der Waals surface area contributed by atoms with Crippen LogP contribution in [0, 0.1) is 16.0 Å². The minimum Gasteiger partial charge on any atom is -0.371 e. The van der Waals surface area contributed by atoms with Crippen LogP contribution in [-0.4, -0.2) is 24.3 Å². The number of nitrogens with zero attached hydrogens (tertiary/aromatic N) is 2. The largest absolute Gasteiger partial charge is 0.371 e. The van der Waals surface area contributed by atoms with E-state index in [0.29, 0.717) is 31.6 Å². The topological polar surface area (TPSA) is 63.5 Å². The van der Waals surface area contributed by atoms with Crippen LogP contribution in [0.25, 0.3) is 0 Å². The zero-order valence-corrected chi connectivity index (χ0v) is 10.7.